The zero-order valence-corrected chi connectivity index (χ0v) is 44.9. The van der Waals surface area contributed by atoms with E-state index >= 15 is 0 Å². The van der Waals surface area contributed by atoms with E-state index in [2.05, 4.69) is 50.0 Å². The van der Waals surface area contributed by atoms with Crippen molar-refractivity contribution in [3.05, 3.63) is 24.3 Å². The average molecular weight is 990 g/mol. The molecule has 1 unspecified atom stereocenters. The monoisotopic (exact) mass is 990 g/mol. The van der Waals surface area contributed by atoms with Crippen molar-refractivity contribution in [2.24, 2.45) is 11.8 Å². The lowest BCUT2D eigenvalue weighted by molar-refractivity contribution is -0.155. The molecule has 70 heavy (non-hydrogen) atoms. The molecule has 0 saturated heterocycles. The van der Waals surface area contributed by atoms with Crippen LogP contribution in [0.1, 0.15) is 245 Å². The molecule has 1 aliphatic rings. The Morgan fingerprint density at radius 3 is 1.23 bits per heavy atom. The molecule has 1 aliphatic carbocycles. The third kappa shape index (κ3) is 40.4. The molecular weight excluding hydrogens is 887 g/mol. The lowest BCUT2D eigenvalue weighted by atomic mass is 9.91. The summed E-state index contributed by atoms with van der Waals surface area (Å²) >= 11 is 0. The first kappa shape index (κ1) is 64.8. The Labute approximate surface area is 426 Å². The van der Waals surface area contributed by atoms with Gasteiger partial charge in [0.2, 0.25) is 0 Å². The second kappa shape index (κ2) is 48.0. The lowest BCUT2D eigenvalue weighted by Gasteiger charge is -2.37. The van der Waals surface area contributed by atoms with E-state index < -0.39 is 11.9 Å². The Morgan fingerprint density at radius 2 is 0.800 bits per heavy atom. The molecule has 0 spiro atoms. The molecule has 0 heterocycles. The van der Waals surface area contributed by atoms with Crippen LogP contribution < -0.4 is 0 Å². The van der Waals surface area contributed by atoms with Crippen molar-refractivity contribution in [2.75, 3.05) is 52.7 Å². The highest BCUT2D eigenvalue weighted by Crippen LogP contribution is 2.25. The van der Waals surface area contributed by atoms with Gasteiger partial charge in [0.15, 0.2) is 0 Å². The van der Waals surface area contributed by atoms with E-state index in [0.29, 0.717) is 44.6 Å². The van der Waals surface area contributed by atoms with Gasteiger partial charge in [0, 0.05) is 50.7 Å². The van der Waals surface area contributed by atoms with E-state index in [1.165, 1.54) is 44.9 Å². The van der Waals surface area contributed by atoms with Gasteiger partial charge in [0.25, 0.3) is 0 Å². The van der Waals surface area contributed by atoms with Gasteiger partial charge in [-0.05, 0) is 116 Å². The van der Waals surface area contributed by atoms with Crippen molar-refractivity contribution >= 4 is 29.8 Å². The van der Waals surface area contributed by atoms with Crippen molar-refractivity contribution in [3.8, 4) is 0 Å². The molecule has 406 valence electrons. The fourth-order valence-corrected chi connectivity index (χ4v) is 8.38. The normalized spacial score (nSPS) is 13.3. The minimum absolute atomic E-state index is 0.0279. The summed E-state index contributed by atoms with van der Waals surface area (Å²) in [6.45, 7) is 8.73. The first-order valence-electron chi connectivity index (χ1n) is 28.6. The number of unbranched alkanes of at least 4 members (excludes halogenated alkanes) is 18. The van der Waals surface area contributed by atoms with E-state index in [-0.39, 0.29) is 82.3 Å². The van der Waals surface area contributed by atoms with Gasteiger partial charge < -0.3 is 33.7 Å². The van der Waals surface area contributed by atoms with Crippen LogP contribution in [0.3, 0.4) is 0 Å². The summed E-state index contributed by atoms with van der Waals surface area (Å²) in [6.07, 6.45) is 40.7. The molecule has 0 aromatic rings. The van der Waals surface area contributed by atoms with Crippen LogP contribution >= 0.6 is 0 Å². The number of esters is 5. The van der Waals surface area contributed by atoms with Crippen molar-refractivity contribution in [1.82, 2.24) is 4.90 Å². The number of aliphatic hydroxyl groups excluding tert-OH is 1. The first-order chi connectivity index (χ1) is 34.2. The van der Waals surface area contributed by atoms with Crippen LogP contribution in [0, 0.1) is 11.8 Å². The summed E-state index contributed by atoms with van der Waals surface area (Å²) in [7, 11) is 0. The van der Waals surface area contributed by atoms with Crippen molar-refractivity contribution < 1.29 is 52.8 Å². The van der Waals surface area contributed by atoms with Gasteiger partial charge >= 0.3 is 29.8 Å². The number of aliphatic hydroxyl groups is 1. The van der Waals surface area contributed by atoms with E-state index in [1.54, 1.807) is 0 Å². The molecule has 0 aliphatic heterocycles. The smallest absolute Gasteiger partial charge is 0.305 e. The number of ether oxygens (including phenoxy) is 5. The maximum Gasteiger partial charge on any atom is 0.305 e. The van der Waals surface area contributed by atoms with Gasteiger partial charge in [-0.2, -0.15) is 0 Å². The topological polar surface area (TPSA) is 155 Å². The number of nitrogens with zero attached hydrogens (tertiary/aromatic N) is 1. The van der Waals surface area contributed by atoms with E-state index in [0.717, 1.165) is 142 Å². The van der Waals surface area contributed by atoms with Gasteiger partial charge in [-0.15, -0.1) is 0 Å². The minimum Gasteiger partial charge on any atom is -0.465 e. The number of carbonyl (C=O) groups is 5. The molecule has 1 N–H and O–H groups in total. The number of carbonyl (C=O) groups excluding carboxylic acids is 5. The van der Waals surface area contributed by atoms with E-state index in [1.807, 2.05) is 0 Å². The van der Waals surface area contributed by atoms with Gasteiger partial charge in [-0.3, -0.25) is 24.0 Å². The molecule has 0 bridgehead atoms. The Bertz CT molecular complexity index is 1320. The van der Waals surface area contributed by atoms with Crippen molar-refractivity contribution in [3.63, 3.8) is 0 Å². The average Bonchev–Trinajstić information content (AvgIpc) is 3.33. The molecule has 0 radical (unpaired) electrons. The molecule has 0 amide bonds. The number of hydrogen-bond donors (Lipinski definition) is 1. The van der Waals surface area contributed by atoms with E-state index in [9.17, 15) is 29.1 Å². The second-order valence-electron chi connectivity index (χ2n) is 19.9. The lowest BCUT2D eigenvalue weighted by Crippen LogP contribution is -2.41. The largest absolute Gasteiger partial charge is 0.465 e. The van der Waals surface area contributed by atoms with Gasteiger partial charge in [-0.1, -0.05) is 135 Å². The Morgan fingerprint density at radius 1 is 0.443 bits per heavy atom. The molecule has 1 rings (SSSR count). The first-order valence-corrected chi connectivity index (χ1v) is 28.6. The quantitative estimate of drug-likeness (QED) is 0.0267. The van der Waals surface area contributed by atoms with Gasteiger partial charge in [-0.25, -0.2) is 0 Å². The Balaban J connectivity index is 2.65. The summed E-state index contributed by atoms with van der Waals surface area (Å²) in [4.78, 5) is 66.2. The van der Waals surface area contributed by atoms with Crippen LogP contribution in [-0.4, -0.2) is 98.6 Å². The molecule has 12 nitrogen and oxygen atoms in total. The number of hydrogen-bond acceptors (Lipinski definition) is 12. The summed E-state index contributed by atoms with van der Waals surface area (Å²) < 4.78 is 28.2. The summed E-state index contributed by atoms with van der Waals surface area (Å²) in [5, 5.41) is 9.22. The predicted octanol–water partition coefficient (Wildman–Crippen LogP) is 13.4. The Hall–Kier alpha value is -3.25. The highest BCUT2D eigenvalue weighted by Gasteiger charge is 2.24. The fourth-order valence-electron chi connectivity index (χ4n) is 8.38. The molecule has 0 aromatic heterocycles. The van der Waals surface area contributed by atoms with Crippen molar-refractivity contribution in [2.45, 2.75) is 252 Å². The van der Waals surface area contributed by atoms with Gasteiger partial charge in [0.05, 0.1) is 19.1 Å². The zero-order chi connectivity index (χ0) is 51.0. The highest BCUT2D eigenvalue weighted by molar-refractivity contribution is 5.71. The van der Waals surface area contributed by atoms with Crippen LogP contribution in [0.15, 0.2) is 24.3 Å². The highest BCUT2D eigenvalue weighted by atomic mass is 16.6. The van der Waals surface area contributed by atoms with Crippen LogP contribution in [0.5, 0.6) is 0 Å². The van der Waals surface area contributed by atoms with Crippen LogP contribution in [0.4, 0.5) is 0 Å². The molecule has 12 heteroatoms. The third-order valence-electron chi connectivity index (χ3n) is 13.2. The number of rotatable bonds is 50. The fraction of sp³-hybridized carbons (Fsp3) is 0.845. The molecule has 1 atom stereocenters. The Kier molecular flexibility index (Phi) is 44.4. The molecular formula is C58H103NO11. The maximum absolute atomic E-state index is 13.0. The standard InChI is InChI=1S/C58H103NO11/c1-4-7-10-13-14-15-16-17-18-19-20-21-22-25-28-40-56(63)68-48-52(49-69-57(64)41-29-30-43-59(44-31-32-45-60)53-36-34-37-53)50-70-58(65)42-33-35-51(46-66-54(61)38-26-23-11-8-5-2)47-67-55(62)39-27-24-12-9-6-3/h14-15,17-18,51-53,60H,4-13,16,19-50H2,1-3H3/b15-14-,18-17-. The molecule has 1 fully saturated rings. The van der Waals surface area contributed by atoms with Crippen LogP contribution in [0.25, 0.3) is 0 Å². The predicted molar refractivity (Wildman–Crippen MR) is 281 cm³/mol. The van der Waals surface area contributed by atoms with Crippen molar-refractivity contribution in [1.29, 1.82) is 0 Å². The third-order valence-corrected chi connectivity index (χ3v) is 13.2. The zero-order valence-electron chi connectivity index (χ0n) is 44.9. The second-order valence-corrected chi connectivity index (χ2v) is 19.9. The molecule has 1 saturated carbocycles. The summed E-state index contributed by atoms with van der Waals surface area (Å²) in [5.74, 6) is -2.37. The summed E-state index contributed by atoms with van der Waals surface area (Å²) in [5.41, 5.74) is 0. The van der Waals surface area contributed by atoms with Crippen LogP contribution in [0.2, 0.25) is 0 Å². The number of allylic oxidation sites excluding steroid dienone is 4. The minimum atomic E-state index is -0.516. The van der Waals surface area contributed by atoms with E-state index in [4.69, 9.17) is 23.7 Å². The SMILES string of the molecule is CCCCC/C=C\C/C=C\CCCCCCCC(=O)OCC(COC(=O)CCCCN(CCCCO)C1CCC1)COC(=O)CCCC(COC(=O)CCCCCCC)COC(=O)CCCCCCC. The summed E-state index contributed by atoms with van der Waals surface area (Å²) in [6, 6.07) is 0.604. The van der Waals surface area contributed by atoms with Crippen LogP contribution in [-0.2, 0) is 47.7 Å². The van der Waals surface area contributed by atoms with Gasteiger partial charge in [0.1, 0.15) is 19.8 Å². The maximum atomic E-state index is 13.0. The molecule has 0 aromatic carbocycles.